The second kappa shape index (κ2) is 8.49. The van der Waals surface area contributed by atoms with E-state index < -0.39 is 27.3 Å². The summed E-state index contributed by atoms with van der Waals surface area (Å²) in [6.45, 7) is 3.81. The fraction of sp³-hybridized carbons (Fsp3) is 0.318. The minimum absolute atomic E-state index is 0.209. The van der Waals surface area contributed by atoms with Gasteiger partial charge >= 0.3 is 5.63 Å². The Bertz CT molecular complexity index is 1280. The molecule has 1 aliphatic heterocycles. The molecule has 6 nitrogen and oxygen atoms in total. The van der Waals surface area contributed by atoms with Gasteiger partial charge in [0.2, 0.25) is 10.0 Å². The molecule has 0 unspecified atom stereocenters. The first-order chi connectivity index (χ1) is 14.8. The number of sulfonamides is 1. The van der Waals surface area contributed by atoms with Crippen LogP contribution in [-0.4, -0.2) is 43.8 Å². The lowest BCUT2D eigenvalue weighted by Gasteiger charge is -2.34. The van der Waals surface area contributed by atoms with Crippen LogP contribution in [0, 0.1) is 11.6 Å². The van der Waals surface area contributed by atoms with Crippen molar-refractivity contribution in [3.8, 4) is 0 Å². The molecule has 0 aliphatic carbocycles. The number of aryl methyl sites for hydroxylation is 1. The molecule has 0 amide bonds. The van der Waals surface area contributed by atoms with Gasteiger partial charge in [0.05, 0.1) is 4.90 Å². The van der Waals surface area contributed by atoms with Crippen molar-refractivity contribution < 1.29 is 21.6 Å². The quantitative estimate of drug-likeness (QED) is 0.561. The highest BCUT2D eigenvalue weighted by atomic mass is 32.2. The lowest BCUT2D eigenvalue weighted by molar-refractivity contribution is 0.182. The van der Waals surface area contributed by atoms with E-state index in [1.807, 2.05) is 25.1 Å². The molecule has 164 valence electrons. The number of piperazine rings is 1. The van der Waals surface area contributed by atoms with Crippen LogP contribution >= 0.6 is 0 Å². The van der Waals surface area contributed by atoms with Gasteiger partial charge in [0.1, 0.15) is 5.58 Å². The molecule has 0 spiro atoms. The first-order valence-electron chi connectivity index (χ1n) is 10.0. The summed E-state index contributed by atoms with van der Waals surface area (Å²) in [5, 5.41) is 0.855. The summed E-state index contributed by atoms with van der Waals surface area (Å²) >= 11 is 0. The second-order valence-electron chi connectivity index (χ2n) is 7.53. The molecule has 0 bridgehead atoms. The molecule has 1 aliphatic rings. The molecular weight excluding hydrogens is 426 g/mol. The first-order valence-corrected chi connectivity index (χ1v) is 11.4. The van der Waals surface area contributed by atoms with Gasteiger partial charge in [-0.2, -0.15) is 4.31 Å². The Morgan fingerprint density at radius 3 is 2.39 bits per heavy atom. The second-order valence-corrected chi connectivity index (χ2v) is 9.47. The maximum absolute atomic E-state index is 13.5. The van der Waals surface area contributed by atoms with E-state index in [0.717, 1.165) is 35.1 Å². The number of benzene rings is 2. The number of hydrogen-bond acceptors (Lipinski definition) is 5. The molecule has 0 radical (unpaired) electrons. The maximum atomic E-state index is 13.5. The van der Waals surface area contributed by atoms with E-state index in [1.165, 1.54) is 10.4 Å². The summed E-state index contributed by atoms with van der Waals surface area (Å²) in [5.41, 5.74) is 2.02. The van der Waals surface area contributed by atoms with Crippen molar-refractivity contribution >= 4 is 21.0 Å². The van der Waals surface area contributed by atoms with Crippen molar-refractivity contribution in [3.63, 3.8) is 0 Å². The number of nitrogens with zero attached hydrogens (tertiary/aromatic N) is 2. The molecule has 2 heterocycles. The highest BCUT2D eigenvalue weighted by molar-refractivity contribution is 7.89. The Balaban J connectivity index is 1.49. The van der Waals surface area contributed by atoms with E-state index in [1.54, 1.807) is 0 Å². The van der Waals surface area contributed by atoms with Gasteiger partial charge in [-0.3, -0.25) is 4.90 Å². The van der Waals surface area contributed by atoms with E-state index in [4.69, 9.17) is 4.42 Å². The molecular formula is C22H22F2N2O4S. The van der Waals surface area contributed by atoms with Crippen LogP contribution in [0.4, 0.5) is 8.78 Å². The van der Waals surface area contributed by atoms with E-state index in [-0.39, 0.29) is 18.0 Å². The summed E-state index contributed by atoms with van der Waals surface area (Å²) < 4.78 is 58.8. The third-order valence-corrected chi connectivity index (χ3v) is 7.45. The number of hydrogen-bond donors (Lipinski definition) is 0. The Hall–Kier alpha value is -2.62. The minimum Gasteiger partial charge on any atom is -0.423 e. The number of halogens is 2. The van der Waals surface area contributed by atoms with Crippen LogP contribution in [0.5, 0.6) is 0 Å². The van der Waals surface area contributed by atoms with Crippen molar-refractivity contribution in [2.24, 2.45) is 0 Å². The van der Waals surface area contributed by atoms with Crippen molar-refractivity contribution in [1.29, 1.82) is 0 Å². The van der Waals surface area contributed by atoms with Gasteiger partial charge in [0.15, 0.2) is 11.6 Å². The minimum atomic E-state index is -3.91. The predicted octanol–water partition coefficient (Wildman–Crippen LogP) is 3.14. The normalized spacial score (nSPS) is 16.1. The third kappa shape index (κ3) is 4.39. The fourth-order valence-electron chi connectivity index (χ4n) is 3.78. The Kier molecular flexibility index (Phi) is 5.92. The first kappa shape index (κ1) is 21.6. The van der Waals surface area contributed by atoms with Crippen molar-refractivity contribution in [2.75, 3.05) is 26.2 Å². The van der Waals surface area contributed by atoms with Crippen molar-refractivity contribution in [1.82, 2.24) is 9.21 Å². The Labute approximate surface area is 178 Å². The average molecular weight is 448 g/mol. The molecule has 1 fully saturated rings. The van der Waals surface area contributed by atoms with Crippen LogP contribution in [0.2, 0.25) is 0 Å². The van der Waals surface area contributed by atoms with Crippen LogP contribution in [0.15, 0.2) is 56.6 Å². The zero-order chi connectivity index (χ0) is 22.2. The van der Waals surface area contributed by atoms with Crippen LogP contribution in [0.1, 0.15) is 18.1 Å². The topological polar surface area (TPSA) is 70.8 Å². The molecule has 9 heteroatoms. The molecule has 0 saturated carbocycles. The molecule has 4 rings (SSSR count). The van der Waals surface area contributed by atoms with Gasteiger partial charge in [-0.1, -0.05) is 19.1 Å². The predicted molar refractivity (Wildman–Crippen MR) is 112 cm³/mol. The third-order valence-electron chi connectivity index (χ3n) is 5.56. The smallest absolute Gasteiger partial charge is 0.336 e. The Morgan fingerprint density at radius 1 is 0.968 bits per heavy atom. The van der Waals surface area contributed by atoms with Crippen LogP contribution in [-0.2, 0) is 23.0 Å². The van der Waals surface area contributed by atoms with E-state index in [9.17, 15) is 22.0 Å². The standard InChI is InChI=1S/C22H22F2N2O4S/c1-2-15-3-5-18-16(12-22(27)30-21(18)11-15)14-25-7-9-26(10-8-25)31(28,29)17-4-6-19(23)20(24)13-17/h3-6,11-13H,2,7-10,14H2,1H3. The molecule has 0 atom stereocenters. The lowest BCUT2D eigenvalue weighted by atomic mass is 10.1. The zero-order valence-electron chi connectivity index (χ0n) is 17.0. The van der Waals surface area contributed by atoms with Gasteiger partial charge in [-0.05, 0) is 41.8 Å². The van der Waals surface area contributed by atoms with Gasteiger partial charge < -0.3 is 4.42 Å². The van der Waals surface area contributed by atoms with Gasteiger partial charge in [0.25, 0.3) is 0 Å². The molecule has 2 aromatic carbocycles. The molecule has 1 aromatic heterocycles. The summed E-state index contributed by atoms with van der Waals surface area (Å²) in [6, 6.07) is 9.87. The number of rotatable bonds is 5. The monoisotopic (exact) mass is 448 g/mol. The SMILES string of the molecule is CCc1ccc2c(CN3CCN(S(=O)(=O)c4ccc(F)c(F)c4)CC3)cc(=O)oc2c1. The zero-order valence-corrected chi connectivity index (χ0v) is 17.8. The van der Waals surface area contributed by atoms with E-state index in [0.29, 0.717) is 31.3 Å². The highest BCUT2D eigenvalue weighted by Crippen LogP contribution is 2.23. The van der Waals surface area contributed by atoms with E-state index in [2.05, 4.69) is 4.90 Å². The van der Waals surface area contributed by atoms with Gasteiger partial charge in [-0.25, -0.2) is 22.0 Å². The van der Waals surface area contributed by atoms with Crippen LogP contribution < -0.4 is 5.63 Å². The summed E-state index contributed by atoms with van der Waals surface area (Å²) in [4.78, 5) is 13.8. The fourth-order valence-corrected chi connectivity index (χ4v) is 5.21. The molecule has 1 saturated heterocycles. The van der Waals surface area contributed by atoms with Crippen LogP contribution in [0.25, 0.3) is 11.0 Å². The summed E-state index contributed by atoms with van der Waals surface area (Å²) in [7, 11) is -3.91. The Morgan fingerprint density at radius 2 is 1.71 bits per heavy atom. The molecule has 31 heavy (non-hydrogen) atoms. The number of fused-ring (bicyclic) bond motifs is 1. The average Bonchev–Trinajstić information content (AvgIpc) is 2.75. The largest absolute Gasteiger partial charge is 0.423 e. The lowest BCUT2D eigenvalue weighted by Crippen LogP contribution is -2.48. The molecule has 0 N–H and O–H groups in total. The van der Waals surface area contributed by atoms with Gasteiger partial charge in [-0.15, -0.1) is 0 Å². The van der Waals surface area contributed by atoms with Crippen LogP contribution in [0.3, 0.4) is 0 Å². The summed E-state index contributed by atoms with van der Waals surface area (Å²) in [6.07, 6.45) is 0.832. The van der Waals surface area contributed by atoms with E-state index >= 15 is 0 Å². The van der Waals surface area contributed by atoms with Gasteiger partial charge in [0, 0.05) is 44.2 Å². The van der Waals surface area contributed by atoms with Crippen molar-refractivity contribution in [3.05, 3.63) is 75.6 Å². The summed E-state index contributed by atoms with van der Waals surface area (Å²) in [5.74, 6) is -2.28. The highest BCUT2D eigenvalue weighted by Gasteiger charge is 2.29. The maximum Gasteiger partial charge on any atom is 0.336 e. The molecule has 3 aromatic rings. The van der Waals surface area contributed by atoms with Crippen molar-refractivity contribution in [2.45, 2.75) is 24.8 Å².